The molecule has 0 spiro atoms. The Kier molecular flexibility index (Phi) is 8.92. The predicted octanol–water partition coefficient (Wildman–Crippen LogP) is 4.16. The molecule has 34 heavy (non-hydrogen) atoms. The smallest absolute Gasteiger partial charge is 0.224 e. The van der Waals surface area contributed by atoms with Crippen molar-refractivity contribution >= 4 is 11.8 Å². The SMILES string of the molecule is c1cc(N2CCCCCC2)nc(N[C@H]2CCN(C3CCCCC3)[C@@H]2CCCN2CCOCC2)n1. The summed E-state index contributed by atoms with van der Waals surface area (Å²) in [6.07, 6.45) is 17.9. The molecule has 0 unspecified atom stereocenters. The fourth-order valence-corrected chi connectivity index (χ4v) is 6.69. The minimum absolute atomic E-state index is 0.450. The van der Waals surface area contributed by atoms with Gasteiger partial charge in [-0.3, -0.25) is 9.80 Å². The molecule has 190 valence electrons. The summed E-state index contributed by atoms with van der Waals surface area (Å²) in [7, 11) is 0. The van der Waals surface area contributed by atoms with E-state index in [-0.39, 0.29) is 0 Å². The lowest BCUT2D eigenvalue weighted by molar-refractivity contribution is 0.0357. The summed E-state index contributed by atoms with van der Waals surface area (Å²) in [5.74, 6) is 1.93. The van der Waals surface area contributed by atoms with Crippen LogP contribution in [-0.2, 0) is 4.74 Å². The predicted molar refractivity (Wildman–Crippen MR) is 139 cm³/mol. The summed E-state index contributed by atoms with van der Waals surface area (Å²) in [4.78, 5) is 17.6. The molecular weight excluding hydrogens is 424 g/mol. The molecule has 1 aromatic rings. The summed E-state index contributed by atoms with van der Waals surface area (Å²) < 4.78 is 5.54. The molecule has 4 aliphatic rings. The third-order valence-corrected chi connectivity index (χ3v) is 8.60. The van der Waals surface area contributed by atoms with E-state index in [2.05, 4.69) is 31.1 Å². The molecule has 1 saturated carbocycles. The molecule has 1 aliphatic carbocycles. The Morgan fingerprint density at radius 3 is 2.44 bits per heavy atom. The Hall–Kier alpha value is -1.44. The fraction of sp³-hybridized carbons (Fsp3) is 0.852. The Balaban J connectivity index is 1.23. The van der Waals surface area contributed by atoms with E-state index >= 15 is 0 Å². The molecule has 1 N–H and O–H groups in total. The molecule has 7 nitrogen and oxygen atoms in total. The topological polar surface area (TPSA) is 56.8 Å². The lowest BCUT2D eigenvalue weighted by Crippen LogP contribution is -2.46. The first-order chi connectivity index (χ1) is 16.9. The summed E-state index contributed by atoms with van der Waals surface area (Å²) >= 11 is 0. The van der Waals surface area contributed by atoms with Crippen molar-refractivity contribution in [3.63, 3.8) is 0 Å². The van der Waals surface area contributed by atoms with Gasteiger partial charge >= 0.3 is 0 Å². The molecule has 0 bridgehead atoms. The van der Waals surface area contributed by atoms with Crippen LogP contribution in [0.1, 0.15) is 77.0 Å². The van der Waals surface area contributed by atoms with Crippen molar-refractivity contribution in [3.05, 3.63) is 12.3 Å². The van der Waals surface area contributed by atoms with E-state index in [1.165, 1.54) is 90.1 Å². The van der Waals surface area contributed by atoms with Crippen molar-refractivity contribution < 1.29 is 4.74 Å². The van der Waals surface area contributed by atoms with E-state index in [9.17, 15) is 0 Å². The van der Waals surface area contributed by atoms with Crippen LogP contribution in [0.15, 0.2) is 12.3 Å². The van der Waals surface area contributed by atoms with Gasteiger partial charge in [0.05, 0.1) is 13.2 Å². The number of nitrogens with zero attached hydrogens (tertiary/aromatic N) is 5. The zero-order chi connectivity index (χ0) is 23.0. The molecule has 0 amide bonds. The fourth-order valence-electron chi connectivity index (χ4n) is 6.69. The molecule has 0 radical (unpaired) electrons. The Morgan fingerprint density at radius 2 is 1.65 bits per heavy atom. The van der Waals surface area contributed by atoms with Gasteiger partial charge in [0, 0.05) is 57.0 Å². The summed E-state index contributed by atoms with van der Waals surface area (Å²) in [6.45, 7) is 8.64. The number of ether oxygens (including phenoxy) is 1. The highest BCUT2D eigenvalue weighted by molar-refractivity contribution is 5.43. The van der Waals surface area contributed by atoms with Gasteiger partial charge in [-0.05, 0) is 57.6 Å². The average Bonchev–Trinajstić information content (AvgIpc) is 3.09. The number of nitrogens with one attached hydrogen (secondary N) is 1. The molecule has 1 aromatic heterocycles. The molecule has 3 aliphatic heterocycles. The van der Waals surface area contributed by atoms with Gasteiger partial charge in [0.25, 0.3) is 0 Å². The lowest BCUT2D eigenvalue weighted by atomic mass is 9.92. The first-order valence-electron chi connectivity index (χ1n) is 14.3. The van der Waals surface area contributed by atoms with Crippen LogP contribution in [0.5, 0.6) is 0 Å². The third kappa shape index (κ3) is 6.41. The number of aromatic nitrogens is 2. The van der Waals surface area contributed by atoms with Gasteiger partial charge in [-0.2, -0.15) is 4.98 Å². The molecule has 5 rings (SSSR count). The maximum Gasteiger partial charge on any atom is 0.224 e. The lowest BCUT2D eigenvalue weighted by Gasteiger charge is -2.37. The number of hydrogen-bond donors (Lipinski definition) is 1. The summed E-state index contributed by atoms with van der Waals surface area (Å²) in [5.41, 5.74) is 0. The van der Waals surface area contributed by atoms with Crippen LogP contribution in [0.3, 0.4) is 0 Å². The van der Waals surface area contributed by atoms with Crippen molar-refractivity contribution in [2.24, 2.45) is 0 Å². The van der Waals surface area contributed by atoms with Gasteiger partial charge in [0.2, 0.25) is 5.95 Å². The molecule has 3 saturated heterocycles. The number of likely N-dealkylation sites (tertiary alicyclic amines) is 1. The Labute approximate surface area is 206 Å². The largest absolute Gasteiger partial charge is 0.379 e. The van der Waals surface area contributed by atoms with Gasteiger partial charge in [-0.25, -0.2) is 4.98 Å². The van der Waals surface area contributed by atoms with E-state index in [0.29, 0.717) is 12.1 Å². The van der Waals surface area contributed by atoms with E-state index < -0.39 is 0 Å². The van der Waals surface area contributed by atoms with Crippen LogP contribution in [-0.4, -0.2) is 90.4 Å². The van der Waals surface area contributed by atoms with Crippen LogP contribution in [0.25, 0.3) is 0 Å². The Morgan fingerprint density at radius 1 is 0.882 bits per heavy atom. The molecule has 7 heteroatoms. The molecule has 0 aromatic carbocycles. The number of rotatable bonds is 8. The van der Waals surface area contributed by atoms with Gasteiger partial charge in [0.1, 0.15) is 5.82 Å². The van der Waals surface area contributed by atoms with Gasteiger partial charge in [-0.1, -0.05) is 32.1 Å². The van der Waals surface area contributed by atoms with Crippen LogP contribution >= 0.6 is 0 Å². The minimum atomic E-state index is 0.450. The first-order valence-corrected chi connectivity index (χ1v) is 14.3. The molecule has 2 atom stereocenters. The van der Waals surface area contributed by atoms with Gasteiger partial charge in [0.15, 0.2) is 0 Å². The highest BCUT2D eigenvalue weighted by Crippen LogP contribution is 2.32. The maximum absolute atomic E-state index is 5.54. The van der Waals surface area contributed by atoms with Gasteiger partial charge < -0.3 is 15.0 Å². The average molecular weight is 471 g/mol. The summed E-state index contributed by atoms with van der Waals surface area (Å²) in [5, 5.41) is 3.82. The van der Waals surface area contributed by atoms with Gasteiger partial charge in [-0.15, -0.1) is 0 Å². The second-order valence-corrected chi connectivity index (χ2v) is 10.9. The number of morpholine rings is 1. The standard InChI is InChI=1S/C27H46N6O/c1-2-7-17-32(16-6-1)26-12-14-28-27(30-26)29-24-13-18-33(23-9-4-3-5-10-23)25(24)11-8-15-31-19-21-34-22-20-31/h12,14,23-25H,1-11,13,15-22H2,(H,28,29,30)/t24-,25+/m0/s1. The highest BCUT2D eigenvalue weighted by atomic mass is 16.5. The Bertz CT molecular complexity index is 728. The third-order valence-electron chi connectivity index (χ3n) is 8.60. The zero-order valence-corrected chi connectivity index (χ0v) is 21.2. The van der Waals surface area contributed by atoms with Crippen LogP contribution in [0.4, 0.5) is 11.8 Å². The maximum atomic E-state index is 5.54. The quantitative estimate of drug-likeness (QED) is 0.612. The van der Waals surface area contributed by atoms with Crippen molar-refractivity contribution in [3.8, 4) is 0 Å². The second kappa shape index (κ2) is 12.5. The zero-order valence-electron chi connectivity index (χ0n) is 21.2. The van der Waals surface area contributed by atoms with Crippen LogP contribution in [0, 0.1) is 0 Å². The second-order valence-electron chi connectivity index (χ2n) is 10.9. The normalized spacial score (nSPS) is 28.2. The van der Waals surface area contributed by atoms with E-state index in [1.54, 1.807) is 0 Å². The van der Waals surface area contributed by atoms with Crippen molar-refractivity contribution in [1.82, 2.24) is 19.8 Å². The highest BCUT2D eigenvalue weighted by Gasteiger charge is 2.38. The molecule has 4 fully saturated rings. The first kappa shape index (κ1) is 24.3. The van der Waals surface area contributed by atoms with E-state index in [4.69, 9.17) is 9.72 Å². The van der Waals surface area contributed by atoms with Crippen molar-refractivity contribution in [2.45, 2.75) is 95.2 Å². The molecule has 4 heterocycles. The minimum Gasteiger partial charge on any atom is -0.379 e. The number of anilines is 2. The van der Waals surface area contributed by atoms with Crippen LogP contribution in [0.2, 0.25) is 0 Å². The number of hydrogen-bond acceptors (Lipinski definition) is 7. The molecular formula is C27H46N6O. The van der Waals surface area contributed by atoms with Crippen molar-refractivity contribution in [1.29, 1.82) is 0 Å². The van der Waals surface area contributed by atoms with Crippen molar-refractivity contribution in [2.75, 3.05) is 62.7 Å². The summed E-state index contributed by atoms with van der Waals surface area (Å²) in [6, 6.07) is 3.91. The van der Waals surface area contributed by atoms with E-state index in [1.807, 2.05) is 6.20 Å². The van der Waals surface area contributed by atoms with Crippen LogP contribution < -0.4 is 10.2 Å². The monoisotopic (exact) mass is 470 g/mol. The van der Waals surface area contributed by atoms with E-state index in [0.717, 1.165) is 57.2 Å².